The molecule has 0 amide bonds. The number of aryl methyl sites for hydroxylation is 1. The highest BCUT2D eigenvalue weighted by Gasteiger charge is 2.27. The summed E-state index contributed by atoms with van der Waals surface area (Å²) in [6.07, 6.45) is 1.38. The molecule has 2 N–H and O–H groups in total. The number of fused-ring (bicyclic) bond motifs is 1. The van der Waals surface area contributed by atoms with Gasteiger partial charge in [0.1, 0.15) is 16.5 Å². The third-order valence-electron chi connectivity index (χ3n) is 4.19. The number of aromatic carboxylic acids is 1. The second-order valence-corrected chi connectivity index (χ2v) is 7.61. The molecule has 5 nitrogen and oxygen atoms in total. The Morgan fingerprint density at radius 1 is 1.12 bits per heavy atom. The van der Waals surface area contributed by atoms with Gasteiger partial charge in [-0.2, -0.15) is 0 Å². The number of carbonyl (C=O) groups is 1. The second-order valence-electron chi connectivity index (χ2n) is 5.92. The van der Waals surface area contributed by atoms with Crippen LogP contribution in [0.25, 0.3) is 0 Å². The van der Waals surface area contributed by atoms with Crippen molar-refractivity contribution < 1.29 is 27.1 Å². The maximum absolute atomic E-state index is 13.8. The Bertz CT molecular complexity index is 944. The molecule has 1 unspecified atom stereocenters. The summed E-state index contributed by atoms with van der Waals surface area (Å²) in [6.45, 7) is 0. The molecule has 0 heterocycles. The number of hydrogen-bond acceptors (Lipinski definition) is 3. The van der Waals surface area contributed by atoms with Gasteiger partial charge >= 0.3 is 5.97 Å². The lowest BCUT2D eigenvalue weighted by Gasteiger charge is -2.25. The summed E-state index contributed by atoms with van der Waals surface area (Å²) in [5.74, 6) is -3.07. The lowest BCUT2D eigenvalue weighted by molar-refractivity contribution is 0.0696. The molecule has 8 heteroatoms. The highest BCUT2D eigenvalue weighted by atomic mass is 32.2. The van der Waals surface area contributed by atoms with Crippen LogP contribution in [0.3, 0.4) is 0 Å². The second kappa shape index (κ2) is 6.53. The molecule has 0 aliphatic heterocycles. The molecule has 25 heavy (non-hydrogen) atoms. The molecular formula is C17H15F2NO4S. The molecular weight excluding hydrogens is 352 g/mol. The average molecular weight is 367 g/mol. The van der Waals surface area contributed by atoms with Gasteiger partial charge in [-0.25, -0.2) is 26.7 Å². The largest absolute Gasteiger partial charge is 0.478 e. The van der Waals surface area contributed by atoms with Crippen molar-refractivity contribution in [2.75, 3.05) is 0 Å². The van der Waals surface area contributed by atoms with Gasteiger partial charge in [-0.3, -0.25) is 0 Å². The molecule has 0 radical (unpaired) electrons. The summed E-state index contributed by atoms with van der Waals surface area (Å²) in [7, 11) is -4.14. The van der Waals surface area contributed by atoms with Crippen molar-refractivity contribution in [2.45, 2.75) is 30.2 Å². The van der Waals surface area contributed by atoms with Gasteiger partial charge < -0.3 is 5.11 Å². The minimum atomic E-state index is -4.14. The first-order valence-electron chi connectivity index (χ1n) is 7.59. The Labute approximate surface area is 143 Å². The lowest BCUT2D eigenvalue weighted by atomic mass is 9.88. The van der Waals surface area contributed by atoms with Crippen LogP contribution in [0.5, 0.6) is 0 Å². The summed E-state index contributed by atoms with van der Waals surface area (Å²) in [5.41, 5.74) is 1.85. The van der Waals surface area contributed by atoms with Crippen molar-refractivity contribution in [1.29, 1.82) is 0 Å². The zero-order valence-electron chi connectivity index (χ0n) is 13.0. The topological polar surface area (TPSA) is 83.5 Å². The van der Waals surface area contributed by atoms with Gasteiger partial charge in [0.05, 0.1) is 5.56 Å². The Morgan fingerprint density at radius 2 is 1.88 bits per heavy atom. The molecule has 0 spiro atoms. The molecule has 0 fully saturated rings. The van der Waals surface area contributed by atoms with Gasteiger partial charge in [0, 0.05) is 12.1 Å². The van der Waals surface area contributed by atoms with E-state index >= 15 is 0 Å². The van der Waals surface area contributed by atoms with Crippen molar-refractivity contribution in [3.05, 3.63) is 64.7 Å². The van der Waals surface area contributed by atoms with E-state index in [1.54, 1.807) is 6.07 Å². The van der Waals surface area contributed by atoms with Crippen molar-refractivity contribution in [3.63, 3.8) is 0 Å². The fourth-order valence-electron chi connectivity index (χ4n) is 2.97. The van der Waals surface area contributed by atoms with Gasteiger partial charge in [-0.05, 0) is 54.7 Å². The first-order valence-corrected chi connectivity index (χ1v) is 9.07. The number of rotatable bonds is 4. The van der Waals surface area contributed by atoms with Crippen LogP contribution in [0.4, 0.5) is 8.78 Å². The van der Waals surface area contributed by atoms with Gasteiger partial charge in [0.25, 0.3) is 0 Å². The van der Waals surface area contributed by atoms with Crippen LogP contribution in [-0.4, -0.2) is 25.5 Å². The smallest absolute Gasteiger partial charge is 0.335 e. The first-order chi connectivity index (χ1) is 11.8. The van der Waals surface area contributed by atoms with Crippen LogP contribution in [0, 0.1) is 11.6 Å². The molecule has 3 rings (SSSR count). The van der Waals surface area contributed by atoms with E-state index in [0.29, 0.717) is 25.3 Å². The van der Waals surface area contributed by atoms with Gasteiger partial charge in [-0.15, -0.1) is 0 Å². The fraction of sp³-hybridized carbons (Fsp3) is 0.235. The van der Waals surface area contributed by atoms with Crippen LogP contribution in [-0.2, 0) is 22.9 Å². The Balaban J connectivity index is 1.82. The molecule has 0 saturated carbocycles. The molecule has 2 aromatic rings. The number of sulfonamides is 1. The van der Waals surface area contributed by atoms with Gasteiger partial charge in [0.2, 0.25) is 10.0 Å². The molecule has 0 aromatic heterocycles. The van der Waals surface area contributed by atoms with Crippen LogP contribution in [0.1, 0.15) is 27.9 Å². The molecule has 0 bridgehead atoms. The number of benzene rings is 2. The fourth-order valence-corrected chi connectivity index (χ4v) is 4.30. The predicted octanol–water partition coefficient (Wildman–Crippen LogP) is 2.50. The number of nitrogens with one attached hydrogen (secondary N) is 1. The van der Waals surface area contributed by atoms with E-state index in [0.717, 1.165) is 23.3 Å². The molecule has 0 saturated heterocycles. The average Bonchev–Trinajstić information content (AvgIpc) is 2.53. The third-order valence-corrected chi connectivity index (χ3v) is 5.74. The van der Waals surface area contributed by atoms with Crippen LogP contribution in [0.2, 0.25) is 0 Å². The van der Waals surface area contributed by atoms with Crippen LogP contribution in [0.15, 0.2) is 41.3 Å². The summed E-state index contributed by atoms with van der Waals surface area (Å²) in [4.78, 5) is 10.5. The van der Waals surface area contributed by atoms with E-state index in [1.165, 1.54) is 12.1 Å². The zero-order valence-corrected chi connectivity index (χ0v) is 13.8. The van der Waals surface area contributed by atoms with E-state index < -0.39 is 38.6 Å². The van der Waals surface area contributed by atoms with E-state index in [9.17, 15) is 22.0 Å². The maximum Gasteiger partial charge on any atom is 0.335 e. The normalized spacial score (nSPS) is 17.1. The number of hydrogen-bond donors (Lipinski definition) is 2. The minimum Gasteiger partial charge on any atom is -0.478 e. The number of carboxylic acids is 1. The Hall–Kier alpha value is -2.32. The summed E-state index contributed by atoms with van der Waals surface area (Å²) in [5, 5.41) is 9.06. The highest BCUT2D eigenvalue weighted by molar-refractivity contribution is 7.89. The van der Waals surface area contributed by atoms with Crippen LogP contribution >= 0.6 is 0 Å². The molecule has 132 valence electrons. The zero-order chi connectivity index (χ0) is 18.2. The van der Waals surface area contributed by atoms with Crippen molar-refractivity contribution in [1.82, 2.24) is 4.72 Å². The lowest BCUT2D eigenvalue weighted by Crippen LogP contribution is -2.39. The minimum absolute atomic E-state index is 0.131. The molecule has 1 atom stereocenters. The van der Waals surface area contributed by atoms with Crippen molar-refractivity contribution >= 4 is 16.0 Å². The molecule has 1 aliphatic carbocycles. The first kappa shape index (κ1) is 17.5. The maximum atomic E-state index is 13.8. The molecule has 1 aliphatic rings. The van der Waals surface area contributed by atoms with E-state index in [4.69, 9.17) is 5.11 Å². The van der Waals surface area contributed by atoms with E-state index in [-0.39, 0.29) is 5.56 Å². The monoisotopic (exact) mass is 367 g/mol. The van der Waals surface area contributed by atoms with Crippen LogP contribution < -0.4 is 4.72 Å². The number of carboxylic acid groups (broad SMARTS) is 1. The molecule has 2 aromatic carbocycles. The Morgan fingerprint density at radius 3 is 2.56 bits per heavy atom. The van der Waals surface area contributed by atoms with Gasteiger partial charge in [-0.1, -0.05) is 6.07 Å². The van der Waals surface area contributed by atoms with Gasteiger partial charge in [0.15, 0.2) is 0 Å². The quantitative estimate of drug-likeness (QED) is 0.870. The number of halogens is 2. The van der Waals surface area contributed by atoms with E-state index in [2.05, 4.69) is 4.72 Å². The summed E-state index contributed by atoms with van der Waals surface area (Å²) >= 11 is 0. The third kappa shape index (κ3) is 3.69. The standard InChI is InChI=1S/C17H15F2NO4S/c18-13-4-6-16(15(19)9-13)25(23,24)20-14-5-3-10-1-2-11(17(21)22)7-12(10)8-14/h1-2,4,6-7,9,14,20H,3,5,8H2,(H,21,22). The Kier molecular flexibility index (Phi) is 4.57. The van der Waals surface area contributed by atoms with E-state index in [1.807, 2.05) is 0 Å². The summed E-state index contributed by atoms with van der Waals surface area (Å²) < 4.78 is 53.8. The summed E-state index contributed by atoms with van der Waals surface area (Å²) in [6, 6.07) is 6.55. The predicted molar refractivity (Wildman–Crippen MR) is 85.9 cm³/mol. The highest BCUT2D eigenvalue weighted by Crippen LogP contribution is 2.24. The van der Waals surface area contributed by atoms with Crippen molar-refractivity contribution in [3.8, 4) is 0 Å². The SMILES string of the molecule is O=C(O)c1ccc2c(c1)CC(NS(=O)(=O)c1ccc(F)cc1F)CC2. The van der Waals surface area contributed by atoms with Crippen molar-refractivity contribution in [2.24, 2.45) is 0 Å².